The number of benzene rings is 1. The molecule has 1 aromatic carbocycles. The molecule has 0 bridgehead atoms. The molecule has 0 aromatic heterocycles. The van der Waals surface area contributed by atoms with Crippen molar-refractivity contribution in [2.75, 3.05) is 6.54 Å². The highest BCUT2D eigenvalue weighted by Crippen LogP contribution is 2.24. The van der Waals surface area contributed by atoms with Crippen molar-refractivity contribution in [3.8, 4) is 0 Å². The Morgan fingerprint density at radius 2 is 2.05 bits per heavy atom. The van der Waals surface area contributed by atoms with Gasteiger partial charge in [0.05, 0.1) is 10.9 Å². The van der Waals surface area contributed by atoms with Crippen LogP contribution in [0.15, 0.2) is 23.1 Å². The Kier molecular flexibility index (Phi) is 6.12. The first-order chi connectivity index (χ1) is 9.65. The van der Waals surface area contributed by atoms with Crippen LogP contribution in [0.1, 0.15) is 20.3 Å². The standard InChI is InChI=1S/C13H17ClFNO4S/c1-8(2)6-9(13(17)18)7-16-21(19,20)12-10(14)4-3-5-11(12)15/h3-5,8-9,16H,6-7H2,1-2H3,(H,17,18). The number of nitrogens with one attached hydrogen (secondary N) is 1. The maximum Gasteiger partial charge on any atom is 0.307 e. The molecule has 0 saturated carbocycles. The molecule has 1 atom stereocenters. The largest absolute Gasteiger partial charge is 0.481 e. The number of carboxylic acids is 1. The first kappa shape index (κ1) is 17.9. The summed E-state index contributed by atoms with van der Waals surface area (Å²) in [5.41, 5.74) is 0. The summed E-state index contributed by atoms with van der Waals surface area (Å²) in [5.74, 6) is -2.88. The molecule has 5 nitrogen and oxygen atoms in total. The zero-order chi connectivity index (χ0) is 16.2. The molecular formula is C13H17ClFNO4S. The van der Waals surface area contributed by atoms with E-state index in [-0.39, 0.29) is 17.5 Å². The molecule has 0 aliphatic carbocycles. The third kappa shape index (κ3) is 4.94. The molecule has 21 heavy (non-hydrogen) atoms. The summed E-state index contributed by atoms with van der Waals surface area (Å²) in [5, 5.41) is 8.81. The van der Waals surface area contributed by atoms with Gasteiger partial charge in [0.15, 0.2) is 0 Å². The molecule has 0 saturated heterocycles. The van der Waals surface area contributed by atoms with E-state index in [0.29, 0.717) is 6.42 Å². The Labute approximate surface area is 128 Å². The van der Waals surface area contributed by atoms with Gasteiger partial charge in [0.1, 0.15) is 10.7 Å². The monoisotopic (exact) mass is 337 g/mol. The second-order valence-corrected chi connectivity index (χ2v) is 7.18. The van der Waals surface area contributed by atoms with Crippen molar-refractivity contribution < 1.29 is 22.7 Å². The zero-order valence-corrected chi connectivity index (χ0v) is 13.2. The van der Waals surface area contributed by atoms with Gasteiger partial charge in [0.25, 0.3) is 0 Å². The zero-order valence-electron chi connectivity index (χ0n) is 11.6. The van der Waals surface area contributed by atoms with E-state index in [1.165, 1.54) is 12.1 Å². The van der Waals surface area contributed by atoms with Gasteiger partial charge in [-0.05, 0) is 24.5 Å². The Hall–Kier alpha value is -1.18. The van der Waals surface area contributed by atoms with E-state index in [4.69, 9.17) is 16.7 Å². The van der Waals surface area contributed by atoms with Gasteiger partial charge in [-0.1, -0.05) is 31.5 Å². The molecule has 0 radical (unpaired) electrons. The number of rotatable bonds is 7. The highest BCUT2D eigenvalue weighted by atomic mass is 35.5. The van der Waals surface area contributed by atoms with Gasteiger partial charge in [-0.15, -0.1) is 0 Å². The van der Waals surface area contributed by atoms with Crippen LogP contribution in [-0.2, 0) is 14.8 Å². The van der Waals surface area contributed by atoms with E-state index in [0.717, 1.165) is 6.07 Å². The van der Waals surface area contributed by atoms with Crippen LogP contribution >= 0.6 is 11.6 Å². The smallest absolute Gasteiger partial charge is 0.307 e. The normalized spacial score (nSPS) is 13.4. The number of carboxylic acid groups (broad SMARTS) is 1. The summed E-state index contributed by atoms with van der Waals surface area (Å²) in [6.07, 6.45) is 0.308. The molecule has 0 spiro atoms. The van der Waals surface area contributed by atoms with Crippen molar-refractivity contribution in [2.45, 2.75) is 25.2 Å². The molecule has 0 amide bonds. The topological polar surface area (TPSA) is 83.5 Å². The maximum atomic E-state index is 13.6. The Morgan fingerprint density at radius 1 is 1.43 bits per heavy atom. The van der Waals surface area contributed by atoms with Crippen molar-refractivity contribution in [1.29, 1.82) is 0 Å². The minimum absolute atomic E-state index is 0.0904. The molecule has 8 heteroatoms. The van der Waals surface area contributed by atoms with Crippen LogP contribution in [-0.4, -0.2) is 26.0 Å². The van der Waals surface area contributed by atoms with E-state index in [9.17, 15) is 17.6 Å². The summed E-state index contributed by atoms with van der Waals surface area (Å²) in [6, 6.07) is 3.51. The Balaban J connectivity index is 2.93. The van der Waals surface area contributed by atoms with Crippen LogP contribution in [0.4, 0.5) is 4.39 Å². The van der Waals surface area contributed by atoms with Crippen molar-refractivity contribution in [3.05, 3.63) is 29.0 Å². The lowest BCUT2D eigenvalue weighted by molar-refractivity contribution is -0.142. The van der Waals surface area contributed by atoms with E-state index < -0.39 is 32.6 Å². The van der Waals surface area contributed by atoms with E-state index >= 15 is 0 Å². The van der Waals surface area contributed by atoms with Crippen LogP contribution < -0.4 is 4.72 Å². The van der Waals surface area contributed by atoms with Gasteiger partial charge in [-0.2, -0.15) is 0 Å². The predicted molar refractivity (Wildman–Crippen MR) is 77.2 cm³/mol. The average Bonchev–Trinajstić information content (AvgIpc) is 2.33. The van der Waals surface area contributed by atoms with E-state index in [2.05, 4.69) is 4.72 Å². The number of hydrogen-bond acceptors (Lipinski definition) is 3. The first-order valence-electron chi connectivity index (χ1n) is 6.31. The number of carbonyl (C=O) groups is 1. The van der Waals surface area contributed by atoms with Crippen LogP contribution in [0.3, 0.4) is 0 Å². The molecule has 2 N–H and O–H groups in total. The highest BCUT2D eigenvalue weighted by molar-refractivity contribution is 7.89. The minimum Gasteiger partial charge on any atom is -0.481 e. The van der Waals surface area contributed by atoms with E-state index in [1.807, 2.05) is 13.8 Å². The molecule has 1 rings (SSSR count). The molecule has 1 unspecified atom stereocenters. The average molecular weight is 338 g/mol. The second kappa shape index (κ2) is 7.20. The second-order valence-electron chi connectivity index (χ2n) is 5.07. The van der Waals surface area contributed by atoms with Crippen LogP contribution in [0.2, 0.25) is 5.02 Å². The maximum absolute atomic E-state index is 13.6. The van der Waals surface area contributed by atoms with Gasteiger partial charge in [0, 0.05) is 6.54 Å². The number of hydrogen-bond donors (Lipinski definition) is 2. The molecule has 0 aliphatic rings. The fourth-order valence-electron chi connectivity index (χ4n) is 1.86. The molecule has 0 fully saturated rings. The summed E-state index contributed by atoms with van der Waals surface area (Å²) in [7, 11) is -4.21. The summed E-state index contributed by atoms with van der Waals surface area (Å²) in [6.45, 7) is 3.34. The lowest BCUT2D eigenvalue weighted by Gasteiger charge is -2.16. The molecule has 0 heterocycles. The van der Waals surface area contributed by atoms with Crippen molar-refractivity contribution in [3.63, 3.8) is 0 Å². The highest BCUT2D eigenvalue weighted by Gasteiger charge is 2.26. The molecule has 0 aliphatic heterocycles. The van der Waals surface area contributed by atoms with E-state index in [1.54, 1.807) is 0 Å². The van der Waals surface area contributed by atoms with Crippen LogP contribution in [0, 0.1) is 17.7 Å². The van der Waals surface area contributed by atoms with Gasteiger partial charge in [0.2, 0.25) is 10.0 Å². The van der Waals surface area contributed by atoms with Crippen molar-refractivity contribution in [1.82, 2.24) is 4.72 Å². The Bertz CT molecular complexity index is 598. The number of sulfonamides is 1. The fourth-order valence-corrected chi connectivity index (χ4v) is 3.54. The molecule has 118 valence electrons. The molecule has 1 aromatic rings. The Morgan fingerprint density at radius 3 is 2.52 bits per heavy atom. The lowest BCUT2D eigenvalue weighted by atomic mass is 9.98. The quantitative estimate of drug-likeness (QED) is 0.800. The van der Waals surface area contributed by atoms with Crippen LogP contribution in [0.25, 0.3) is 0 Å². The number of aliphatic carboxylic acids is 1. The SMILES string of the molecule is CC(C)CC(CNS(=O)(=O)c1c(F)cccc1Cl)C(=O)O. The molecular weight excluding hydrogens is 321 g/mol. The van der Waals surface area contributed by atoms with Gasteiger partial charge in [-0.25, -0.2) is 17.5 Å². The predicted octanol–water partition coefficient (Wildman–Crippen LogP) is 2.50. The van der Waals surface area contributed by atoms with Gasteiger partial charge < -0.3 is 5.11 Å². The van der Waals surface area contributed by atoms with Crippen molar-refractivity contribution in [2.24, 2.45) is 11.8 Å². The van der Waals surface area contributed by atoms with Crippen molar-refractivity contribution >= 4 is 27.6 Å². The fraction of sp³-hybridized carbons (Fsp3) is 0.462. The first-order valence-corrected chi connectivity index (χ1v) is 8.17. The lowest BCUT2D eigenvalue weighted by Crippen LogP contribution is -2.34. The van der Waals surface area contributed by atoms with Crippen LogP contribution in [0.5, 0.6) is 0 Å². The number of halogens is 2. The van der Waals surface area contributed by atoms with Gasteiger partial charge >= 0.3 is 5.97 Å². The van der Waals surface area contributed by atoms with Gasteiger partial charge in [-0.3, -0.25) is 4.79 Å². The summed E-state index contributed by atoms with van der Waals surface area (Å²) < 4.78 is 39.8. The summed E-state index contributed by atoms with van der Waals surface area (Å²) >= 11 is 5.70. The minimum atomic E-state index is -4.21. The third-order valence-electron chi connectivity index (χ3n) is 2.81. The third-order valence-corrected chi connectivity index (χ3v) is 4.74. The summed E-state index contributed by atoms with van der Waals surface area (Å²) in [4.78, 5) is 10.4.